The normalized spacial score (nSPS) is 22.7. The number of hydrogen-bond acceptors (Lipinski definition) is 4. The Morgan fingerprint density at radius 3 is 2.38 bits per heavy atom. The second kappa shape index (κ2) is 7.79. The Hall–Kier alpha value is -1.88. The van der Waals surface area contributed by atoms with Gasteiger partial charge in [-0.3, -0.25) is 9.59 Å². The molecule has 1 aliphatic heterocycles. The zero-order chi connectivity index (χ0) is 16.9. The van der Waals surface area contributed by atoms with Crippen LogP contribution in [0.15, 0.2) is 24.3 Å². The minimum atomic E-state index is -0.382. The highest BCUT2D eigenvalue weighted by atomic mass is 16.5. The van der Waals surface area contributed by atoms with Crippen LogP contribution in [0.4, 0.5) is 5.69 Å². The van der Waals surface area contributed by atoms with Crippen LogP contribution in [0.5, 0.6) is 5.75 Å². The predicted molar refractivity (Wildman–Crippen MR) is 93.1 cm³/mol. The molecule has 2 amide bonds. The molecule has 0 aromatic heterocycles. The lowest BCUT2D eigenvalue weighted by atomic mass is 10.1. The Labute approximate surface area is 143 Å². The third-order valence-electron chi connectivity index (χ3n) is 4.84. The molecule has 1 aromatic rings. The van der Waals surface area contributed by atoms with Crippen molar-refractivity contribution in [2.24, 2.45) is 0 Å². The van der Waals surface area contributed by atoms with E-state index in [-0.39, 0.29) is 24.3 Å². The molecule has 1 saturated heterocycles. The second-order valence-corrected chi connectivity index (χ2v) is 6.61. The number of rotatable bonds is 5. The summed E-state index contributed by atoms with van der Waals surface area (Å²) in [7, 11) is 0. The van der Waals surface area contributed by atoms with E-state index >= 15 is 0 Å². The first-order valence-corrected chi connectivity index (χ1v) is 9.04. The van der Waals surface area contributed by atoms with E-state index in [0.717, 1.165) is 18.6 Å². The summed E-state index contributed by atoms with van der Waals surface area (Å²) in [5.41, 5.74) is 0.624. The molecule has 0 spiro atoms. The van der Waals surface area contributed by atoms with Crippen LogP contribution in [0, 0.1) is 0 Å². The van der Waals surface area contributed by atoms with E-state index in [4.69, 9.17) is 4.74 Å². The van der Waals surface area contributed by atoms with E-state index in [2.05, 4.69) is 5.32 Å². The molecule has 0 bridgehead atoms. The highest BCUT2D eigenvalue weighted by molar-refractivity contribution is 6.22. The molecule has 1 heterocycles. The summed E-state index contributed by atoms with van der Waals surface area (Å²) < 4.78 is 5.41. The number of carbonyl (C=O) groups is 2. The molecule has 1 aliphatic carbocycles. The number of amides is 2. The van der Waals surface area contributed by atoms with Crippen LogP contribution in [0.25, 0.3) is 0 Å². The van der Waals surface area contributed by atoms with Crippen LogP contribution in [0.3, 0.4) is 0 Å². The molecule has 1 unspecified atom stereocenters. The topological polar surface area (TPSA) is 58.6 Å². The molecule has 1 aromatic carbocycles. The number of nitrogens with zero attached hydrogens (tertiary/aromatic N) is 1. The summed E-state index contributed by atoms with van der Waals surface area (Å²) in [6.07, 6.45) is 7.40. The van der Waals surface area contributed by atoms with Gasteiger partial charge in [0.05, 0.1) is 24.8 Å². The number of nitrogens with one attached hydrogen (secondary N) is 1. The van der Waals surface area contributed by atoms with Crippen molar-refractivity contribution >= 4 is 17.5 Å². The molecular formula is C19H26N2O3. The molecule has 1 saturated carbocycles. The molecule has 1 atom stereocenters. The van der Waals surface area contributed by atoms with Crippen molar-refractivity contribution in [1.29, 1.82) is 0 Å². The van der Waals surface area contributed by atoms with Gasteiger partial charge in [0.15, 0.2) is 0 Å². The van der Waals surface area contributed by atoms with Crippen molar-refractivity contribution in [3.05, 3.63) is 24.3 Å². The van der Waals surface area contributed by atoms with Crippen molar-refractivity contribution in [2.75, 3.05) is 11.5 Å². The van der Waals surface area contributed by atoms with Crippen molar-refractivity contribution in [2.45, 2.75) is 64.0 Å². The fourth-order valence-corrected chi connectivity index (χ4v) is 3.62. The van der Waals surface area contributed by atoms with Crippen molar-refractivity contribution in [1.82, 2.24) is 5.32 Å². The smallest absolute Gasteiger partial charge is 0.251 e. The van der Waals surface area contributed by atoms with Gasteiger partial charge >= 0.3 is 0 Å². The first-order chi connectivity index (χ1) is 11.7. The lowest BCUT2D eigenvalue weighted by Crippen LogP contribution is -2.43. The van der Waals surface area contributed by atoms with Gasteiger partial charge in [0.25, 0.3) is 5.91 Å². The standard InChI is InChI=1S/C19H26N2O3/c1-2-24-16-11-9-15(10-12-16)21-18(22)13-17(19(21)23)20-14-7-5-3-4-6-8-14/h9-12,14,17,20H,2-8,13H2,1H3. The van der Waals surface area contributed by atoms with E-state index < -0.39 is 0 Å². The summed E-state index contributed by atoms with van der Waals surface area (Å²) >= 11 is 0. The number of hydrogen-bond donors (Lipinski definition) is 1. The summed E-state index contributed by atoms with van der Waals surface area (Å²) in [6.45, 7) is 2.51. The summed E-state index contributed by atoms with van der Waals surface area (Å²) in [5, 5.41) is 3.43. The van der Waals surface area contributed by atoms with Gasteiger partial charge in [-0.25, -0.2) is 4.90 Å². The Morgan fingerprint density at radius 1 is 1.08 bits per heavy atom. The number of ether oxygens (including phenoxy) is 1. The number of carbonyl (C=O) groups excluding carboxylic acids is 2. The molecule has 5 heteroatoms. The molecular weight excluding hydrogens is 304 g/mol. The van der Waals surface area contributed by atoms with Crippen molar-refractivity contribution < 1.29 is 14.3 Å². The first kappa shape index (κ1) is 17.0. The van der Waals surface area contributed by atoms with Crippen LogP contribution in [-0.2, 0) is 9.59 Å². The Bertz CT molecular complexity index is 577. The van der Waals surface area contributed by atoms with E-state index in [1.54, 1.807) is 24.3 Å². The fraction of sp³-hybridized carbons (Fsp3) is 0.579. The number of anilines is 1. The molecule has 130 valence electrons. The second-order valence-electron chi connectivity index (χ2n) is 6.61. The number of imide groups is 1. The zero-order valence-corrected chi connectivity index (χ0v) is 14.3. The predicted octanol–water partition coefficient (Wildman–Crippen LogP) is 3.03. The van der Waals surface area contributed by atoms with Gasteiger partial charge in [0.2, 0.25) is 5.91 Å². The lowest BCUT2D eigenvalue weighted by molar-refractivity contribution is -0.121. The first-order valence-electron chi connectivity index (χ1n) is 9.04. The molecule has 2 aliphatic rings. The van der Waals surface area contributed by atoms with E-state index in [9.17, 15) is 9.59 Å². The van der Waals surface area contributed by atoms with Crippen molar-refractivity contribution in [3.63, 3.8) is 0 Å². The maximum atomic E-state index is 12.7. The average molecular weight is 330 g/mol. The van der Waals surface area contributed by atoms with Crippen molar-refractivity contribution in [3.8, 4) is 5.75 Å². The summed E-state index contributed by atoms with van der Waals surface area (Å²) in [6, 6.07) is 7.11. The Morgan fingerprint density at radius 2 is 1.75 bits per heavy atom. The molecule has 0 radical (unpaired) electrons. The van der Waals surface area contributed by atoms with Gasteiger partial charge in [0.1, 0.15) is 5.75 Å². The average Bonchev–Trinajstić information content (AvgIpc) is 2.75. The third-order valence-corrected chi connectivity index (χ3v) is 4.84. The van der Waals surface area contributed by atoms with Gasteiger partial charge in [-0.2, -0.15) is 0 Å². The van der Waals surface area contributed by atoms with E-state index in [1.165, 1.54) is 30.6 Å². The van der Waals surface area contributed by atoms with Crippen LogP contribution in [0.1, 0.15) is 51.9 Å². The quantitative estimate of drug-likeness (QED) is 0.666. The SMILES string of the molecule is CCOc1ccc(N2C(=O)CC(NC3CCCCCC3)C2=O)cc1. The molecule has 5 nitrogen and oxygen atoms in total. The van der Waals surface area contributed by atoms with Gasteiger partial charge in [0, 0.05) is 6.04 Å². The highest BCUT2D eigenvalue weighted by Gasteiger charge is 2.40. The zero-order valence-electron chi connectivity index (χ0n) is 14.3. The van der Waals surface area contributed by atoms with Gasteiger partial charge in [-0.1, -0.05) is 25.7 Å². The summed E-state index contributed by atoms with van der Waals surface area (Å²) in [5.74, 6) is 0.483. The van der Waals surface area contributed by atoms with Crippen LogP contribution in [0.2, 0.25) is 0 Å². The monoisotopic (exact) mass is 330 g/mol. The van der Waals surface area contributed by atoms with E-state index in [0.29, 0.717) is 18.3 Å². The van der Waals surface area contributed by atoms with Gasteiger partial charge < -0.3 is 10.1 Å². The fourth-order valence-electron chi connectivity index (χ4n) is 3.62. The molecule has 24 heavy (non-hydrogen) atoms. The van der Waals surface area contributed by atoms with Gasteiger partial charge in [-0.05, 0) is 44.0 Å². The molecule has 3 rings (SSSR count). The number of benzene rings is 1. The third kappa shape index (κ3) is 3.78. The molecule has 1 N–H and O–H groups in total. The maximum Gasteiger partial charge on any atom is 0.251 e. The van der Waals surface area contributed by atoms with Crippen LogP contribution < -0.4 is 15.0 Å². The highest BCUT2D eigenvalue weighted by Crippen LogP contribution is 2.26. The largest absolute Gasteiger partial charge is 0.494 e. The van der Waals surface area contributed by atoms with Crippen LogP contribution >= 0.6 is 0 Å². The minimum absolute atomic E-state index is 0.129. The lowest BCUT2D eigenvalue weighted by Gasteiger charge is -2.21. The maximum absolute atomic E-state index is 12.7. The van der Waals surface area contributed by atoms with E-state index in [1.807, 2.05) is 6.92 Å². The van der Waals surface area contributed by atoms with Crippen LogP contribution in [-0.4, -0.2) is 30.5 Å². The molecule has 2 fully saturated rings. The minimum Gasteiger partial charge on any atom is -0.494 e. The summed E-state index contributed by atoms with van der Waals surface area (Å²) in [4.78, 5) is 26.4. The Balaban J connectivity index is 1.66. The Kier molecular flexibility index (Phi) is 5.51. The van der Waals surface area contributed by atoms with Gasteiger partial charge in [-0.15, -0.1) is 0 Å².